The van der Waals surface area contributed by atoms with E-state index >= 15 is 0 Å². The lowest BCUT2D eigenvalue weighted by atomic mass is 10.1. The Morgan fingerprint density at radius 3 is 2.81 bits per heavy atom. The van der Waals surface area contributed by atoms with Crippen molar-refractivity contribution in [2.24, 2.45) is 7.05 Å². The van der Waals surface area contributed by atoms with Gasteiger partial charge in [0.15, 0.2) is 15.0 Å². The maximum Gasteiger partial charge on any atom is 0.190 e. The van der Waals surface area contributed by atoms with Crippen molar-refractivity contribution < 1.29 is 8.42 Å². The molecule has 0 aromatic carbocycles. The van der Waals surface area contributed by atoms with Crippen molar-refractivity contribution in [2.45, 2.75) is 24.4 Å². The third-order valence-corrected chi connectivity index (χ3v) is 5.41. The standard InChI is InChI=1S/C9H15N3O2S2/c1-3-15-9-11-10-8(12(9)2)7-4-5-16(13,14)6-7/h7H,3-6H2,1-2H3/t7-/m0/s1. The van der Waals surface area contributed by atoms with Crippen molar-refractivity contribution in [1.29, 1.82) is 0 Å². The van der Waals surface area contributed by atoms with Crippen LogP contribution in [0, 0.1) is 0 Å². The normalized spacial score (nSPS) is 23.8. The van der Waals surface area contributed by atoms with Crippen LogP contribution in [0.3, 0.4) is 0 Å². The molecular weight excluding hydrogens is 246 g/mol. The fourth-order valence-corrected chi connectivity index (χ4v) is 4.32. The third kappa shape index (κ3) is 2.24. The maximum absolute atomic E-state index is 11.4. The lowest BCUT2D eigenvalue weighted by molar-refractivity contribution is 0.599. The van der Waals surface area contributed by atoms with E-state index in [2.05, 4.69) is 17.1 Å². The van der Waals surface area contributed by atoms with Gasteiger partial charge in [-0.2, -0.15) is 0 Å². The van der Waals surface area contributed by atoms with Crippen LogP contribution in [0.4, 0.5) is 0 Å². The summed E-state index contributed by atoms with van der Waals surface area (Å²) in [6, 6.07) is 0. The van der Waals surface area contributed by atoms with Gasteiger partial charge >= 0.3 is 0 Å². The summed E-state index contributed by atoms with van der Waals surface area (Å²) in [6.07, 6.45) is 0.672. The van der Waals surface area contributed by atoms with E-state index in [4.69, 9.17) is 0 Å². The largest absolute Gasteiger partial charge is 0.309 e. The minimum Gasteiger partial charge on any atom is -0.309 e. The van der Waals surface area contributed by atoms with Gasteiger partial charge in [-0.15, -0.1) is 10.2 Å². The fourth-order valence-electron chi connectivity index (χ4n) is 1.94. The van der Waals surface area contributed by atoms with Crippen LogP contribution in [-0.4, -0.2) is 40.4 Å². The number of hydrogen-bond donors (Lipinski definition) is 0. The molecule has 1 aromatic rings. The van der Waals surface area contributed by atoms with Gasteiger partial charge in [0.25, 0.3) is 0 Å². The van der Waals surface area contributed by atoms with Crippen LogP contribution >= 0.6 is 11.8 Å². The molecule has 0 spiro atoms. The predicted octanol–water partition coefficient (Wildman–Crippen LogP) is 0.829. The highest BCUT2D eigenvalue weighted by atomic mass is 32.2. The number of sulfone groups is 1. The molecule has 0 unspecified atom stereocenters. The van der Waals surface area contributed by atoms with Crippen LogP contribution in [-0.2, 0) is 16.9 Å². The molecule has 0 amide bonds. The third-order valence-electron chi connectivity index (χ3n) is 2.74. The van der Waals surface area contributed by atoms with Crippen LogP contribution < -0.4 is 0 Å². The van der Waals surface area contributed by atoms with Crippen molar-refractivity contribution in [3.63, 3.8) is 0 Å². The monoisotopic (exact) mass is 261 g/mol. The number of rotatable bonds is 3. The maximum atomic E-state index is 11.4. The number of aromatic nitrogens is 3. The summed E-state index contributed by atoms with van der Waals surface area (Å²) in [7, 11) is -0.950. The predicted molar refractivity (Wildman–Crippen MR) is 63.4 cm³/mol. The summed E-state index contributed by atoms with van der Waals surface area (Å²) < 4.78 is 24.7. The van der Waals surface area contributed by atoms with Gasteiger partial charge in [-0.1, -0.05) is 18.7 Å². The zero-order valence-corrected chi connectivity index (χ0v) is 11.0. The second-order valence-electron chi connectivity index (χ2n) is 3.93. The van der Waals surface area contributed by atoms with E-state index in [1.807, 2.05) is 11.6 Å². The lowest BCUT2D eigenvalue weighted by Gasteiger charge is -2.07. The first-order chi connectivity index (χ1) is 7.53. The molecule has 7 heteroatoms. The van der Waals surface area contributed by atoms with E-state index in [1.165, 1.54) is 0 Å². The molecule has 0 N–H and O–H groups in total. The average molecular weight is 261 g/mol. The molecule has 0 saturated carbocycles. The van der Waals surface area contributed by atoms with E-state index < -0.39 is 9.84 Å². The highest BCUT2D eigenvalue weighted by Crippen LogP contribution is 2.29. The summed E-state index contributed by atoms with van der Waals surface area (Å²) in [5.41, 5.74) is 0. The molecule has 1 fully saturated rings. The molecule has 0 aliphatic carbocycles. The number of hydrogen-bond acceptors (Lipinski definition) is 5. The van der Waals surface area contributed by atoms with Crippen LogP contribution in [0.2, 0.25) is 0 Å². The van der Waals surface area contributed by atoms with Gasteiger partial charge in [0, 0.05) is 13.0 Å². The summed E-state index contributed by atoms with van der Waals surface area (Å²) >= 11 is 1.62. The Balaban J connectivity index is 2.22. The molecule has 1 saturated heterocycles. The molecule has 2 rings (SSSR count). The summed E-state index contributed by atoms with van der Waals surface area (Å²) in [5, 5.41) is 9.05. The molecule has 1 aromatic heterocycles. The Morgan fingerprint density at radius 1 is 1.50 bits per heavy atom. The molecule has 5 nitrogen and oxygen atoms in total. The van der Waals surface area contributed by atoms with Crippen LogP contribution in [0.5, 0.6) is 0 Å². The Hall–Kier alpha value is -0.560. The quantitative estimate of drug-likeness (QED) is 0.754. The van der Waals surface area contributed by atoms with E-state index in [0.717, 1.165) is 16.7 Å². The van der Waals surface area contributed by atoms with E-state index in [1.54, 1.807) is 11.8 Å². The minimum atomic E-state index is -2.85. The van der Waals surface area contributed by atoms with Crippen molar-refractivity contribution in [3.8, 4) is 0 Å². The molecule has 1 aliphatic heterocycles. The van der Waals surface area contributed by atoms with Gasteiger partial charge in [0.05, 0.1) is 11.5 Å². The molecule has 16 heavy (non-hydrogen) atoms. The van der Waals surface area contributed by atoms with Crippen LogP contribution in [0.1, 0.15) is 25.1 Å². The fraction of sp³-hybridized carbons (Fsp3) is 0.778. The van der Waals surface area contributed by atoms with E-state index in [9.17, 15) is 8.42 Å². The molecule has 2 heterocycles. The Kier molecular flexibility index (Phi) is 3.25. The molecule has 90 valence electrons. The molecule has 0 bridgehead atoms. The van der Waals surface area contributed by atoms with Crippen molar-refractivity contribution in [3.05, 3.63) is 5.82 Å². The van der Waals surface area contributed by atoms with E-state index in [0.29, 0.717) is 6.42 Å². The molecule has 1 aliphatic rings. The van der Waals surface area contributed by atoms with E-state index in [-0.39, 0.29) is 17.4 Å². The van der Waals surface area contributed by atoms with Crippen LogP contribution in [0.15, 0.2) is 5.16 Å². The highest BCUT2D eigenvalue weighted by Gasteiger charge is 2.32. The van der Waals surface area contributed by atoms with Gasteiger partial charge in [0.2, 0.25) is 0 Å². The van der Waals surface area contributed by atoms with Crippen molar-refractivity contribution in [1.82, 2.24) is 14.8 Å². The van der Waals surface area contributed by atoms with Crippen molar-refractivity contribution in [2.75, 3.05) is 17.3 Å². The zero-order chi connectivity index (χ0) is 11.8. The molecular formula is C9H15N3O2S2. The van der Waals surface area contributed by atoms with Gasteiger partial charge in [-0.25, -0.2) is 8.42 Å². The topological polar surface area (TPSA) is 64.8 Å². The SMILES string of the molecule is CCSc1nnc([C@H]2CCS(=O)(=O)C2)n1C. The molecule has 1 atom stereocenters. The Bertz CT molecular complexity index is 481. The summed E-state index contributed by atoms with van der Waals surface area (Å²) in [5.74, 6) is 2.26. The zero-order valence-electron chi connectivity index (χ0n) is 9.38. The van der Waals surface area contributed by atoms with Gasteiger partial charge < -0.3 is 4.57 Å². The second kappa shape index (κ2) is 4.37. The Morgan fingerprint density at radius 2 is 2.25 bits per heavy atom. The lowest BCUT2D eigenvalue weighted by Crippen LogP contribution is -2.09. The van der Waals surface area contributed by atoms with Gasteiger partial charge in [-0.05, 0) is 12.2 Å². The minimum absolute atomic E-state index is 0.0220. The van der Waals surface area contributed by atoms with Gasteiger partial charge in [-0.3, -0.25) is 0 Å². The number of thioether (sulfide) groups is 1. The first-order valence-electron chi connectivity index (χ1n) is 5.26. The second-order valence-corrected chi connectivity index (χ2v) is 7.39. The highest BCUT2D eigenvalue weighted by molar-refractivity contribution is 7.99. The number of nitrogens with zero attached hydrogens (tertiary/aromatic N) is 3. The first-order valence-corrected chi connectivity index (χ1v) is 8.06. The average Bonchev–Trinajstić information content (AvgIpc) is 2.72. The Labute approximate surface area is 99.6 Å². The smallest absolute Gasteiger partial charge is 0.190 e. The first kappa shape index (κ1) is 11.9. The van der Waals surface area contributed by atoms with Crippen molar-refractivity contribution >= 4 is 21.6 Å². The molecule has 0 radical (unpaired) electrons. The summed E-state index contributed by atoms with van der Waals surface area (Å²) in [6.45, 7) is 2.05. The summed E-state index contributed by atoms with van der Waals surface area (Å²) in [4.78, 5) is 0. The van der Waals surface area contributed by atoms with Gasteiger partial charge in [0.1, 0.15) is 5.82 Å². The van der Waals surface area contributed by atoms with Crippen LogP contribution in [0.25, 0.3) is 0 Å².